The molecule has 2 aromatic rings. The van der Waals surface area contributed by atoms with Crippen molar-refractivity contribution in [1.29, 1.82) is 0 Å². The fourth-order valence-electron chi connectivity index (χ4n) is 2.95. The van der Waals surface area contributed by atoms with Gasteiger partial charge in [0.2, 0.25) is 0 Å². The molecule has 35 heavy (non-hydrogen) atoms. The summed E-state index contributed by atoms with van der Waals surface area (Å²) in [5, 5.41) is 20.3. The molecular weight excluding hydrogens is 541 g/mol. The summed E-state index contributed by atoms with van der Waals surface area (Å²) in [4.78, 5) is 50.5. The van der Waals surface area contributed by atoms with E-state index >= 15 is 0 Å². The monoisotopic (exact) mass is 559 g/mol. The van der Waals surface area contributed by atoms with Gasteiger partial charge >= 0.3 is 94.4 Å². The summed E-state index contributed by atoms with van der Waals surface area (Å²) < 4.78 is 38.8. The normalized spacial score (nSPS) is 24.3. The molecule has 4 N–H and O–H groups in total. The van der Waals surface area contributed by atoms with Crippen LogP contribution in [0.4, 0.5) is 5.82 Å². The van der Waals surface area contributed by atoms with Crippen molar-refractivity contribution in [1.82, 2.24) is 9.55 Å². The van der Waals surface area contributed by atoms with Crippen LogP contribution in [0, 0.1) is 0 Å². The van der Waals surface area contributed by atoms with E-state index in [1.807, 2.05) is 0 Å². The van der Waals surface area contributed by atoms with Crippen LogP contribution >= 0.6 is 15.4 Å². The number of aromatic nitrogens is 2. The van der Waals surface area contributed by atoms with E-state index in [0.29, 0.717) is 0 Å². The van der Waals surface area contributed by atoms with Gasteiger partial charge in [0.15, 0.2) is 6.23 Å². The van der Waals surface area contributed by atoms with Gasteiger partial charge in [0, 0.05) is 6.20 Å². The molecule has 0 bridgehead atoms. The Morgan fingerprint density at radius 3 is 2.23 bits per heavy atom. The maximum absolute atomic E-state index is 12.2. The molecule has 2 heterocycles. The van der Waals surface area contributed by atoms with Crippen LogP contribution in [0.15, 0.2) is 47.4 Å². The summed E-state index contributed by atoms with van der Waals surface area (Å²) in [7, 11) is -11.0. The molecular formula is C16H18N3Na3O11P2. The molecule has 1 aromatic heterocycles. The number of ether oxygens (including phenoxy) is 1. The number of hydrogen-bond acceptors (Lipinski definition) is 13. The van der Waals surface area contributed by atoms with Crippen LogP contribution in [0.2, 0.25) is 0 Å². The smallest absolute Gasteiger partial charge is 0.809 e. The fraction of sp³-hybridized carbons (Fsp3) is 0.375. The van der Waals surface area contributed by atoms with Crippen LogP contribution < -0.4 is 115 Å². The minimum Gasteiger partial charge on any atom is -0.809 e. The molecule has 2 unspecified atom stereocenters. The molecule has 0 spiro atoms. The Kier molecular flexibility index (Phi) is 15.4. The second-order valence-electron chi connectivity index (χ2n) is 6.74. The molecule has 176 valence electrons. The number of nitrogen functional groups attached to an aromatic ring is 1. The van der Waals surface area contributed by atoms with E-state index in [1.54, 1.807) is 0 Å². The minimum atomic E-state index is -5.58. The maximum atomic E-state index is 12.2. The van der Waals surface area contributed by atoms with Crippen molar-refractivity contribution in [3.8, 4) is 0 Å². The van der Waals surface area contributed by atoms with Crippen LogP contribution in [0.25, 0.3) is 0 Å². The van der Waals surface area contributed by atoms with E-state index in [9.17, 15) is 38.8 Å². The summed E-state index contributed by atoms with van der Waals surface area (Å²) in [5.41, 5.74) is 4.25. The zero-order valence-electron chi connectivity index (χ0n) is 19.1. The van der Waals surface area contributed by atoms with Crippen molar-refractivity contribution in [2.45, 2.75) is 30.4 Å². The van der Waals surface area contributed by atoms with E-state index in [-0.39, 0.29) is 100 Å². The van der Waals surface area contributed by atoms with Crippen LogP contribution in [-0.2, 0) is 22.9 Å². The third-order valence-corrected chi connectivity index (χ3v) is 6.54. The summed E-state index contributed by atoms with van der Waals surface area (Å²) in [6.07, 6.45) is -5.11. The van der Waals surface area contributed by atoms with Gasteiger partial charge in [-0.2, -0.15) is 4.98 Å². The molecule has 6 atom stereocenters. The van der Waals surface area contributed by atoms with Gasteiger partial charge in [-0.1, -0.05) is 30.3 Å². The Morgan fingerprint density at radius 2 is 1.69 bits per heavy atom. The van der Waals surface area contributed by atoms with Gasteiger partial charge in [0.25, 0.3) is 7.82 Å². The first-order chi connectivity index (χ1) is 14.9. The van der Waals surface area contributed by atoms with Crippen molar-refractivity contribution in [3.63, 3.8) is 0 Å². The molecule has 0 saturated carbocycles. The molecule has 14 nitrogen and oxygen atoms in total. The van der Waals surface area contributed by atoms with Crippen LogP contribution in [-0.4, -0.2) is 44.7 Å². The molecule has 0 amide bonds. The average Bonchev–Trinajstić information content (AvgIpc) is 2.99. The Bertz CT molecular complexity index is 1110. The SMILES string of the molecule is Nc1ccn([C@@H]2O[C@H](COP(=O)([O-])OC(c3ccccc3)P(=O)([O-])[O-])[C@@H](O)[C@H]2O)c(=O)n1.[Na+].[Na+].[Na+]. The predicted octanol–water partition coefficient (Wildman–Crippen LogP) is -11.4. The van der Waals surface area contributed by atoms with E-state index in [4.69, 9.17) is 10.5 Å². The summed E-state index contributed by atoms with van der Waals surface area (Å²) in [6.45, 7) is -0.920. The molecule has 0 radical (unpaired) electrons. The van der Waals surface area contributed by atoms with Gasteiger partial charge < -0.3 is 49.0 Å². The Morgan fingerprint density at radius 1 is 1.09 bits per heavy atom. The fourth-order valence-corrected chi connectivity index (χ4v) is 5.05. The minimum absolute atomic E-state index is 0. The van der Waals surface area contributed by atoms with Gasteiger partial charge in [-0.05, 0) is 19.2 Å². The molecule has 1 fully saturated rings. The van der Waals surface area contributed by atoms with E-state index in [1.165, 1.54) is 36.4 Å². The van der Waals surface area contributed by atoms with Crippen molar-refractivity contribution < 1.29 is 136 Å². The number of benzene rings is 1. The number of phosphoric ester groups is 1. The van der Waals surface area contributed by atoms with Crippen LogP contribution in [0.3, 0.4) is 0 Å². The quantitative estimate of drug-likeness (QED) is 0.202. The number of phosphoric acid groups is 1. The van der Waals surface area contributed by atoms with E-state index in [0.717, 1.165) is 10.8 Å². The summed E-state index contributed by atoms with van der Waals surface area (Å²) in [5.74, 6) is -2.47. The molecule has 0 aliphatic carbocycles. The second-order valence-corrected chi connectivity index (χ2v) is 9.65. The Balaban J connectivity index is 0.00000385. The van der Waals surface area contributed by atoms with Gasteiger partial charge in [0.1, 0.15) is 30.0 Å². The van der Waals surface area contributed by atoms with Crippen molar-refractivity contribution >= 4 is 21.2 Å². The topological polar surface area (TPSA) is 232 Å². The Hall–Kier alpha value is 1.04. The number of aliphatic hydroxyl groups is 2. The first kappa shape index (κ1) is 36.0. The van der Waals surface area contributed by atoms with Gasteiger partial charge in [-0.3, -0.25) is 9.13 Å². The predicted molar refractivity (Wildman–Crippen MR) is 100 cm³/mol. The summed E-state index contributed by atoms with van der Waals surface area (Å²) >= 11 is 0. The first-order valence-electron chi connectivity index (χ1n) is 8.96. The third-order valence-electron chi connectivity index (χ3n) is 4.46. The number of nitrogens with zero attached hydrogens (tertiary/aromatic N) is 2. The molecule has 19 heteroatoms. The standard InChI is InChI=1S/C16H21N3O11P2.3Na/c17-11-6-7-19(16(22)18-11)14-13(21)12(20)10(29-14)8-28-32(26,27)30-15(31(23,24)25)9-4-2-1-3-5-9;;;/h1-7,10,12-15,20-21H,8H2,(H,26,27)(H2,17,18,22)(H2,23,24,25);;;/q;3*+1/p-3/t10-,12-,13-,14-,15?;;;/m1.../s1. The number of anilines is 1. The number of rotatable bonds is 8. The zero-order valence-corrected chi connectivity index (χ0v) is 26.9. The molecule has 1 aliphatic rings. The number of nitrogens with two attached hydrogens (primary N) is 1. The van der Waals surface area contributed by atoms with Gasteiger partial charge in [-0.25, -0.2) is 4.79 Å². The van der Waals surface area contributed by atoms with Gasteiger partial charge in [0.05, 0.1) is 6.61 Å². The first-order valence-corrected chi connectivity index (χ1v) is 12.0. The van der Waals surface area contributed by atoms with Gasteiger partial charge in [-0.15, -0.1) is 0 Å². The third kappa shape index (κ3) is 9.63. The molecule has 1 saturated heterocycles. The van der Waals surface area contributed by atoms with E-state index < -0.39 is 58.1 Å². The number of aliphatic hydroxyl groups excluding tert-OH is 2. The number of hydrogen-bond donors (Lipinski definition) is 3. The Labute approximate surface area is 265 Å². The molecule has 1 aromatic carbocycles. The average molecular weight is 559 g/mol. The van der Waals surface area contributed by atoms with Crippen LogP contribution in [0.5, 0.6) is 0 Å². The van der Waals surface area contributed by atoms with Crippen molar-refractivity contribution in [3.05, 3.63) is 58.6 Å². The molecule has 1 aliphatic heterocycles. The van der Waals surface area contributed by atoms with Crippen LogP contribution in [0.1, 0.15) is 17.6 Å². The largest absolute Gasteiger partial charge is 1.00 e. The van der Waals surface area contributed by atoms with Crippen molar-refractivity contribution in [2.75, 3.05) is 12.3 Å². The van der Waals surface area contributed by atoms with E-state index in [2.05, 4.69) is 14.0 Å². The zero-order chi connectivity index (χ0) is 23.7. The second kappa shape index (κ2) is 15.0. The summed E-state index contributed by atoms with van der Waals surface area (Å²) in [6, 6.07) is 7.84. The maximum Gasteiger partial charge on any atom is 1.00 e. The molecule has 3 rings (SSSR count). The van der Waals surface area contributed by atoms with Crippen molar-refractivity contribution in [2.24, 2.45) is 0 Å².